The van der Waals surface area contributed by atoms with E-state index < -0.39 is 15.8 Å². The van der Waals surface area contributed by atoms with Crippen molar-refractivity contribution in [1.29, 1.82) is 0 Å². The van der Waals surface area contributed by atoms with Crippen LogP contribution in [-0.4, -0.2) is 30.1 Å². The molecule has 0 fully saturated rings. The molecule has 0 aliphatic rings. The van der Waals surface area contributed by atoms with Gasteiger partial charge in [0.15, 0.2) is 5.65 Å². The van der Waals surface area contributed by atoms with Gasteiger partial charge in [0, 0.05) is 12.6 Å². The van der Waals surface area contributed by atoms with Gasteiger partial charge in [-0.15, -0.1) is 10.2 Å². The molecule has 0 bridgehead atoms. The third kappa shape index (κ3) is 4.09. The van der Waals surface area contributed by atoms with E-state index in [1.54, 1.807) is 47.9 Å². The Morgan fingerprint density at radius 3 is 2.61 bits per heavy atom. The van der Waals surface area contributed by atoms with Gasteiger partial charge in [0.1, 0.15) is 22.3 Å². The summed E-state index contributed by atoms with van der Waals surface area (Å²) in [5.41, 5.74) is 1.48. The van der Waals surface area contributed by atoms with Gasteiger partial charge in [-0.05, 0) is 48.0 Å². The summed E-state index contributed by atoms with van der Waals surface area (Å²) in [4.78, 5) is 0.0571. The predicted molar refractivity (Wildman–Crippen MR) is 115 cm³/mol. The highest BCUT2D eigenvalue weighted by molar-refractivity contribution is 7.92. The summed E-state index contributed by atoms with van der Waals surface area (Å²) in [5.74, 6) is 0.732. The Balaban J connectivity index is 1.83. The second kappa shape index (κ2) is 8.35. The maximum absolute atomic E-state index is 14.0. The van der Waals surface area contributed by atoms with Crippen LogP contribution >= 0.6 is 0 Å². The first-order valence-electron chi connectivity index (χ1n) is 9.67. The summed E-state index contributed by atoms with van der Waals surface area (Å²) < 4.78 is 49.4. The van der Waals surface area contributed by atoms with Crippen LogP contribution in [0.25, 0.3) is 5.65 Å². The first-order valence-corrected chi connectivity index (χ1v) is 11.1. The summed E-state index contributed by atoms with van der Waals surface area (Å²) in [6.07, 6.45) is 2.10. The number of hydrogen-bond donors (Lipinski definition) is 0. The Morgan fingerprint density at radius 1 is 1.06 bits per heavy atom. The smallest absolute Gasteiger partial charge is 0.266 e. The van der Waals surface area contributed by atoms with Crippen LogP contribution in [0.2, 0.25) is 0 Å². The van der Waals surface area contributed by atoms with Crippen LogP contribution < -0.4 is 9.04 Å². The summed E-state index contributed by atoms with van der Waals surface area (Å²) >= 11 is 0. The molecule has 0 aliphatic heterocycles. The van der Waals surface area contributed by atoms with Gasteiger partial charge in [-0.25, -0.2) is 12.8 Å². The molecule has 0 saturated heterocycles. The first-order chi connectivity index (χ1) is 14.9. The number of pyridine rings is 1. The molecule has 0 unspecified atom stereocenters. The minimum Gasteiger partial charge on any atom is -0.497 e. The molecule has 0 radical (unpaired) electrons. The Hall–Kier alpha value is -3.46. The molecule has 0 aliphatic carbocycles. The van der Waals surface area contributed by atoms with E-state index in [1.165, 1.54) is 34.8 Å². The number of methoxy groups -OCH3 is 1. The van der Waals surface area contributed by atoms with Crippen molar-refractivity contribution in [2.24, 2.45) is 0 Å². The van der Waals surface area contributed by atoms with Crippen molar-refractivity contribution in [3.05, 3.63) is 84.1 Å². The largest absolute Gasteiger partial charge is 0.497 e. The molecule has 31 heavy (non-hydrogen) atoms. The zero-order chi connectivity index (χ0) is 22.0. The van der Waals surface area contributed by atoms with E-state index in [2.05, 4.69) is 10.2 Å². The van der Waals surface area contributed by atoms with Crippen LogP contribution in [0.1, 0.15) is 18.3 Å². The summed E-state index contributed by atoms with van der Waals surface area (Å²) in [5, 5.41) is 8.13. The zero-order valence-electron chi connectivity index (χ0n) is 17.1. The van der Waals surface area contributed by atoms with Crippen molar-refractivity contribution < 1.29 is 17.5 Å². The Labute approximate surface area is 179 Å². The lowest BCUT2D eigenvalue weighted by molar-refractivity contribution is 0.414. The van der Waals surface area contributed by atoms with Crippen LogP contribution in [0.3, 0.4) is 0 Å². The number of halogens is 1. The van der Waals surface area contributed by atoms with Gasteiger partial charge in [0.05, 0.1) is 19.3 Å². The van der Waals surface area contributed by atoms with Gasteiger partial charge in [0.25, 0.3) is 10.0 Å². The first kappa shape index (κ1) is 20.8. The van der Waals surface area contributed by atoms with Crippen LogP contribution in [0.5, 0.6) is 5.75 Å². The van der Waals surface area contributed by atoms with Crippen LogP contribution in [-0.2, 0) is 23.0 Å². The van der Waals surface area contributed by atoms with Crippen molar-refractivity contribution in [3.63, 3.8) is 0 Å². The highest BCUT2D eigenvalue weighted by Gasteiger charge is 2.27. The molecular weight excluding hydrogens is 419 g/mol. The van der Waals surface area contributed by atoms with Gasteiger partial charge >= 0.3 is 0 Å². The monoisotopic (exact) mass is 440 g/mol. The summed E-state index contributed by atoms with van der Waals surface area (Å²) in [6, 6.07) is 15.7. The molecule has 0 atom stereocenters. The van der Waals surface area contributed by atoms with Crippen molar-refractivity contribution in [2.75, 3.05) is 11.4 Å². The molecule has 0 amide bonds. The quantitative estimate of drug-likeness (QED) is 0.437. The second-order valence-corrected chi connectivity index (χ2v) is 8.77. The Bertz CT molecular complexity index is 1340. The lowest BCUT2D eigenvalue weighted by Gasteiger charge is -2.25. The van der Waals surface area contributed by atoms with Crippen LogP contribution in [0, 0.1) is 5.82 Å². The molecule has 4 aromatic rings. The molecule has 0 N–H and O–H groups in total. The minimum absolute atomic E-state index is 0.00381. The third-order valence-electron chi connectivity index (χ3n) is 4.91. The number of benzene rings is 2. The number of hydrogen-bond acceptors (Lipinski definition) is 5. The van der Waals surface area contributed by atoms with E-state index in [0.717, 1.165) is 0 Å². The second-order valence-electron chi connectivity index (χ2n) is 6.91. The highest BCUT2D eigenvalue weighted by atomic mass is 32.2. The molecule has 2 aromatic heterocycles. The number of aromatic nitrogens is 3. The highest BCUT2D eigenvalue weighted by Crippen LogP contribution is 2.28. The Morgan fingerprint density at radius 2 is 1.87 bits per heavy atom. The van der Waals surface area contributed by atoms with E-state index in [0.29, 0.717) is 29.2 Å². The molecule has 2 heterocycles. The predicted octanol–water partition coefficient (Wildman–Crippen LogP) is 3.83. The number of aryl methyl sites for hydroxylation is 1. The topological polar surface area (TPSA) is 76.8 Å². The fourth-order valence-electron chi connectivity index (χ4n) is 3.32. The number of fused-ring (bicyclic) bond motifs is 1. The van der Waals surface area contributed by atoms with Gasteiger partial charge in [0.2, 0.25) is 0 Å². The molecule has 7 nitrogen and oxygen atoms in total. The molecule has 4 rings (SSSR count). The molecular formula is C22H21FN4O3S. The average molecular weight is 441 g/mol. The number of ether oxygens (including phenoxy) is 1. The van der Waals surface area contributed by atoms with E-state index in [1.807, 2.05) is 6.92 Å². The molecule has 9 heteroatoms. The third-order valence-corrected chi connectivity index (χ3v) is 6.66. The molecule has 0 saturated carbocycles. The molecule has 160 valence electrons. The number of rotatable bonds is 7. The SMILES string of the molecule is CCc1nnc2ccc(S(=O)(=O)N(Cc3cccc(OC)c3)c3cccc(F)c3)cn12. The standard InChI is InChI=1S/C22H21FN4O3S/c1-3-21-24-25-22-11-10-20(15-26(21)22)31(28,29)27(18-8-5-7-17(23)13-18)14-16-6-4-9-19(12-16)30-2/h4-13,15H,3,14H2,1-2H3. The van der Waals surface area contributed by atoms with Gasteiger partial charge < -0.3 is 4.74 Å². The van der Waals surface area contributed by atoms with Gasteiger partial charge in [-0.3, -0.25) is 8.71 Å². The molecule has 0 spiro atoms. The van der Waals surface area contributed by atoms with Crippen molar-refractivity contribution in [3.8, 4) is 5.75 Å². The van der Waals surface area contributed by atoms with Crippen LogP contribution in [0.15, 0.2) is 71.8 Å². The normalized spacial score (nSPS) is 11.6. The average Bonchev–Trinajstić information content (AvgIpc) is 3.20. The van der Waals surface area contributed by atoms with Crippen molar-refractivity contribution >= 4 is 21.4 Å². The fourth-order valence-corrected chi connectivity index (χ4v) is 4.77. The lowest BCUT2D eigenvalue weighted by atomic mass is 10.2. The van der Waals surface area contributed by atoms with E-state index >= 15 is 0 Å². The minimum atomic E-state index is -4.03. The Kier molecular flexibility index (Phi) is 5.60. The maximum Gasteiger partial charge on any atom is 0.266 e. The van der Waals surface area contributed by atoms with Crippen molar-refractivity contribution in [2.45, 2.75) is 24.8 Å². The number of sulfonamides is 1. The number of anilines is 1. The van der Waals surface area contributed by atoms with E-state index in [9.17, 15) is 12.8 Å². The fraction of sp³-hybridized carbons (Fsp3) is 0.182. The summed E-state index contributed by atoms with van der Waals surface area (Å²) in [6.45, 7) is 1.92. The van der Waals surface area contributed by atoms with E-state index in [-0.39, 0.29) is 17.1 Å². The van der Waals surface area contributed by atoms with Gasteiger partial charge in [-0.1, -0.05) is 25.1 Å². The maximum atomic E-state index is 14.0. The number of nitrogens with zero attached hydrogens (tertiary/aromatic N) is 4. The molecule has 2 aromatic carbocycles. The lowest BCUT2D eigenvalue weighted by Crippen LogP contribution is -2.31. The zero-order valence-corrected chi connectivity index (χ0v) is 17.9. The van der Waals surface area contributed by atoms with Crippen LogP contribution in [0.4, 0.5) is 10.1 Å². The van der Waals surface area contributed by atoms with Gasteiger partial charge in [-0.2, -0.15) is 0 Å². The van der Waals surface area contributed by atoms with Crippen molar-refractivity contribution in [1.82, 2.24) is 14.6 Å². The summed E-state index contributed by atoms with van der Waals surface area (Å²) in [7, 11) is -2.49. The van der Waals surface area contributed by atoms with E-state index in [4.69, 9.17) is 4.74 Å².